The Morgan fingerprint density at radius 2 is 2.35 bits per heavy atom. The van der Waals surface area contributed by atoms with Crippen molar-refractivity contribution in [3.8, 4) is 6.07 Å². The molecule has 1 fully saturated rings. The molecule has 0 radical (unpaired) electrons. The molecular weight excluding hydrogens is 236 g/mol. The fourth-order valence-corrected chi connectivity index (χ4v) is 2.97. The molecule has 0 bridgehead atoms. The Bertz CT molecular complexity index is 297. The molecule has 1 aliphatic rings. The summed E-state index contributed by atoms with van der Waals surface area (Å²) in [6.07, 6.45) is 3.63. The van der Waals surface area contributed by atoms with Crippen LogP contribution in [-0.4, -0.2) is 30.1 Å². The monoisotopic (exact) mass is 256 g/mol. The highest BCUT2D eigenvalue weighted by Gasteiger charge is 2.41. The highest BCUT2D eigenvalue weighted by atomic mass is 32.2. The summed E-state index contributed by atoms with van der Waals surface area (Å²) in [7, 11) is 0. The second-order valence-corrected chi connectivity index (χ2v) is 5.64. The molecule has 0 aromatic heterocycles. The largest absolute Gasteiger partial charge is 0.465 e. The Morgan fingerprint density at radius 3 is 2.88 bits per heavy atom. The van der Waals surface area contributed by atoms with E-state index in [1.165, 1.54) is 0 Å². The van der Waals surface area contributed by atoms with Crippen molar-refractivity contribution < 1.29 is 9.53 Å². The van der Waals surface area contributed by atoms with Crippen molar-refractivity contribution in [2.75, 3.05) is 18.1 Å². The van der Waals surface area contributed by atoms with Crippen LogP contribution in [0.2, 0.25) is 0 Å². The number of hydrogen-bond acceptors (Lipinski definition) is 5. The number of nitriles is 1. The van der Waals surface area contributed by atoms with Crippen molar-refractivity contribution in [3.63, 3.8) is 0 Å². The Morgan fingerprint density at radius 1 is 1.65 bits per heavy atom. The predicted molar refractivity (Wildman–Crippen MR) is 68.4 cm³/mol. The van der Waals surface area contributed by atoms with Crippen LogP contribution in [0.4, 0.5) is 0 Å². The zero-order valence-electron chi connectivity index (χ0n) is 10.3. The average molecular weight is 256 g/mol. The van der Waals surface area contributed by atoms with Crippen LogP contribution in [0.3, 0.4) is 0 Å². The Balaban J connectivity index is 2.08. The molecule has 0 heterocycles. The quantitative estimate of drug-likeness (QED) is 0.528. The van der Waals surface area contributed by atoms with E-state index in [9.17, 15) is 4.79 Å². The third-order valence-corrected chi connectivity index (χ3v) is 4.32. The molecule has 96 valence electrons. The highest BCUT2D eigenvalue weighted by molar-refractivity contribution is 7.99. The number of ether oxygens (including phenoxy) is 1. The zero-order chi connectivity index (χ0) is 12.7. The van der Waals surface area contributed by atoms with Gasteiger partial charge in [-0.2, -0.15) is 17.0 Å². The summed E-state index contributed by atoms with van der Waals surface area (Å²) in [6, 6.07) is 1.74. The first-order valence-electron chi connectivity index (χ1n) is 6.00. The van der Waals surface area contributed by atoms with E-state index in [1.54, 1.807) is 18.7 Å². The van der Waals surface area contributed by atoms with Crippen molar-refractivity contribution in [1.29, 1.82) is 5.26 Å². The second kappa shape index (κ2) is 6.87. The summed E-state index contributed by atoms with van der Waals surface area (Å²) in [6.45, 7) is 2.16. The molecule has 4 nitrogen and oxygen atoms in total. The number of nitrogens with two attached hydrogens (primary N) is 1. The first-order valence-corrected chi connectivity index (χ1v) is 7.16. The lowest BCUT2D eigenvalue weighted by Gasteiger charge is -2.12. The number of rotatable bonds is 8. The Kier molecular flexibility index (Phi) is 5.79. The third-order valence-electron chi connectivity index (χ3n) is 2.98. The lowest BCUT2D eigenvalue weighted by atomic mass is 10.1. The van der Waals surface area contributed by atoms with Gasteiger partial charge >= 0.3 is 5.97 Å². The van der Waals surface area contributed by atoms with Crippen molar-refractivity contribution >= 4 is 17.7 Å². The molecule has 0 amide bonds. The molecule has 2 N–H and O–H groups in total. The van der Waals surface area contributed by atoms with E-state index in [1.807, 2.05) is 0 Å². The van der Waals surface area contributed by atoms with Gasteiger partial charge in [0.05, 0.1) is 12.7 Å². The molecular formula is C12H20N2O2S. The zero-order valence-corrected chi connectivity index (χ0v) is 11.1. The number of hydrogen-bond donors (Lipinski definition) is 1. The fourth-order valence-electron chi connectivity index (χ4n) is 1.58. The molecule has 1 atom stereocenters. The molecule has 0 spiro atoms. The maximum absolute atomic E-state index is 11.2. The lowest BCUT2D eigenvalue weighted by Crippen LogP contribution is -2.32. The summed E-state index contributed by atoms with van der Waals surface area (Å²) in [4.78, 5) is 11.2. The molecule has 1 rings (SSSR count). The van der Waals surface area contributed by atoms with E-state index >= 15 is 0 Å². The summed E-state index contributed by atoms with van der Waals surface area (Å²) < 4.78 is 4.84. The van der Waals surface area contributed by atoms with Gasteiger partial charge in [-0.3, -0.25) is 4.79 Å². The smallest absolute Gasteiger partial charge is 0.322 e. The van der Waals surface area contributed by atoms with Gasteiger partial charge in [-0.1, -0.05) is 0 Å². The molecule has 1 unspecified atom stereocenters. The van der Waals surface area contributed by atoms with Gasteiger partial charge in [0.25, 0.3) is 0 Å². The molecule has 0 aromatic rings. The van der Waals surface area contributed by atoms with Gasteiger partial charge in [-0.15, -0.1) is 0 Å². The first-order chi connectivity index (χ1) is 8.13. The molecule has 0 aromatic carbocycles. The van der Waals surface area contributed by atoms with E-state index in [0.717, 1.165) is 24.3 Å². The average Bonchev–Trinajstić information content (AvgIpc) is 3.05. The van der Waals surface area contributed by atoms with E-state index in [4.69, 9.17) is 15.7 Å². The molecule has 1 saturated carbocycles. The number of carbonyl (C=O) groups is 1. The summed E-state index contributed by atoms with van der Waals surface area (Å²) >= 11 is 1.79. The minimum Gasteiger partial charge on any atom is -0.465 e. The van der Waals surface area contributed by atoms with Gasteiger partial charge in [0.15, 0.2) is 0 Å². The highest BCUT2D eigenvalue weighted by Crippen LogP contribution is 2.50. The molecule has 17 heavy (non-hydrogen) atoms. The Hall–Kier alpha value is -0.730. The number of nitrogens with zero attached hydrogens (tertiary/aromatic N) is 1. The van der Waals surface area contributed by atoms with E-state index in [-0.39, 0.29) is 11.4 Å². The van der Waals surface area contributed by atoms with Gasteiger partial charge in [0.2, 0.25) is 0 Å². The topological polar surface area (TPSA) is 76.1 Å². The van der Waals surface area contributed by atoms with Crippen molar-refractivity contribution in [2.24, 2.45) is 11.1 Å². The summed E-state index contributed by atoms with van der Waals surface area (Å²) in [5.41, 5.74) is 5.96. The van der Waals surface area contributed by atoms with Gasteiger partial charge in [0.1, 0.15) is 6.04 Å². The molecule has 0 saturated heterocycles. The van der Waals surface area contributed by atoms with Crippen LogP contribution >= 0.6 is 11.8 Å². The van der Waals surface area contributed by atoms with Crippen LogP contribution in [0, 0.1) is 16.7 Å². The molecule has 1 aliphatic carbocycles. The maximum atomic E-state index is 11.2. The number of carbonyl (C=O) groups excluding carboxylic acids is 1. The van der Waals surface area contributed by atoms with Crippen molar-refractivity contribution in [3.05, 3.63) is 0 Å². The van der Waals surface area contributed by atoms with Crippen LogP contribution < -0.4 is 5.73 Å². The maximum Gasteiger partial charge on any atom is 0.322 e. The summed E-state index contributed by atoms with van der Waals surface area (Å²) in [5, 5.41) is 8.68. The van der Waals surface area contributed by atoms with Crippen LogP contribution in [0.1, 0.15) is 32.6 Å². The Labute approximate surface area is 107 Å². The van der Waals surface area contributed by atoms with Gasteiger partial charge in [-0.25, -0.2) is 0 Å². The first kappa shape index (κ1) is 14.3. The van der Waals surface area contributed by atoms with E-state index < -0.39 is 6.04 Å². The van der Waals surface area contributed by atoms with Gasteiger partial charge < -0.3 is 10.5 Å². The lowest BCUT2D eigenvalue weighted by molar-refractivity contribution is -0.144. The van der Waals surface area contributed by atoms with Gasteiger partial charge in [0, 0.05) is 6.42 Å². The van der Waals surface area contributed by atoms with Crippen molar-refractivity contribution in [1.82, 2.24) is 0 Å². The van der Waals surface area contributed by atoms with Crippen LogP contribution in [0.5, 0.6) is 0 Å². The van der Waals surface area contributed by atoms with Crippen LogP contribution in [0.15, 0.2) is 0 Å². The summed E-state index contributed by atoms with van der Waals surface area (Å²) in [5.74, 6) is 1.55. The SMILES string of the molecule is CCOC(=O)C(N)CCSCC1(CC#N)CC1. The van der Waals surface area contributed by atoms with Gasteiger partial charge in [-0.05, 0) is 43.1 Å². The third kappa shape index (κ3) is 4.97. The minimum absolute atomic E-state index is 0.271. The second-order valence-electron chi connectivity index (χ2n) is 4.53. The predicted octanol–water partition coefficient (Wildman–Crippen LogP) is 1.69. The molecule has 0 aliphatic heterocycles. The standard InChI is InChI=1S/C12H20N2O2S/c1-2-16-11(15)10(14)3-8-17-9-12(4-5-12)6-7-13/h10H,2-6,8-9,14H2,1H3. The fraction of sp³-hybridized carbons (Fsp3) is 0.833. The van der Waals surface area contributed by atoms with Crippen LogP contribution in [0.25, 0.3) is 0 Å². The van der Waals surface area contributed by atoms with Crippen molar-refractivity contribution in [2.45, 2.75) is 38.6 Å². The number of esters is 1. The van der Waals surface area contributed by atoms with E-state index in [0.29, 0.717) is 19.4 Å². The van der Waals surface area contributed by atoms with E-state index in [2.05, 4.69) is 6.07 Å². The van der Waals surface area contributed by atoms with Crippen LogP contribution in [-0.2, 0) is 9.53 Å². The minimum atomic E-state index is -0.506. The normalized spacial score (nSPS) is 18.2. The number of thioether (sulfide) groups is 1. The molecule has 5 heteroatoms.